The molecule has 0 radical (unpaired) electrons. The standard InChI is InChI=1S/C15H19N3O/c1-2-11-7-5-6-10-18(11)14-15(19)17-13-9-4-3-8-12(13)16-14/h3-4,8-9,11H,2,5-7,10H2,1H3,(H,17,19)/t11-/m1/s1. The van der Waals surface area contributed by atoms with E-state index in [1.807, 2.05) is 24.3 Å². The Morgan fingerprint density at radius 1 is 1.37 bits per heavy atom. The molecule has 100 valence electrons. The number of fused-ring (bicyclic) bond motifs is 1. The Morgan fingerprint density at radius 2 is 2.21 bits per heavy atom. The third-order valence-electron chi connectivity index (χ3n) is 3.95. The molecule has 0 aliphatic carbocycles. The number of aromatic nitrogens is 2. The first-order valence-corrected chi connectivity index (χ1v) is 7.05. The number of anilines is 1. The minimum atomic E-state index is -0.0703. The average molecular weight is 257 g/mol. The molecule has 19 heavy (non-hydrogen) atoms. The third-order valence-corrected chi connectivity index (χ3v) is 3.95. The van der Waals surface area contributed by atoms with E-state index in [2.05, 4.69) is 21.8 Å². The van der Waals surface area contributed by atoms with Crippen LogP contribution < -0.4 is 10.5 Å². The second kappa shape index (κ2) is 5.03. The zero-order valence-electron chi connectivity index (χ0n) is 11.2. The second-order valence-corrected chi connectivity index (χ2v) is 5.16. The highest BCUT2D eigenvalue weighted by molar-refractivity contribution is 5.75. The predicted octanol–water partition coefficient (Wildman–Crippen LogP) is 2.69. The van der Waals surface area contributed by atoms with E-state index in [1.165, 1.54) is 6.42 Å². The Hall–Kier alpha value is -1.84. The van der Waals surface area contributed by atoms with Gasteiger partial charge in [0, 0.05) is 12.6 Å². The minimum absolute atomic E-state index is 0.0703. The molecule has 1 aromatic heterocycles. The fourth-order valence-corrected chi connectivity index (χ4v) is 2.92. The molecule has 1 atom stereocenters. The van der Waals surface area contributed by atoms with Gasteiger partial charge in [-0.3, -0.25) is 4.79 Å². The lowest BCUT2D eigenvalue weighted by Crippen LogP contribution is -2.42. The van der Waals surface area contributed by atoms with Gasteiger partial charge < -0.3 is 9.88 Å². The molecule has 1 aliphatic rings. The molecule has 4 heteroatoms. The van der Waals surface area contributed by atoms with Gasteiger partial charge in [0.05, 0.1) is 11.0 Å². The molecular weight excluding hydrogens is 238 g/mol. The summed E-state index contributed by atoms with van der Waals surface area (Å²) < 4.78 is 0. The maximum atomic E-state index is 12.2. The lowest BCUT2D eigenvalue weighted by molar-refractivity contribution is 0.446. The van der Waals surface area contributed by atoms with Crippen molar-refractivity contribution in [3.63, 3.8) is 0 Å². The van der Waals surface area contributed by atoms with Gasteiger partial charge in [0.2, 0.25) is 0 Å². The average Bonchev–Trinajstić information content (AvgIpc) is 2.46. The zero-order valence-corrected chi connectivity index (χ0v) is 11.2. The third kappa shape index (κ3) is 2.23. The summed E-state index contributed by atoms with van der Waals surface area (Å²) in [7, 11) is 0. The summed E-state index contributed by atoms with van der Waals surface area (Å²) in [5, 5.41) is 0. The Labute approximate surface area is 112 Å². The van der Waals surface area contributed by atoms with Crippen molar-refractivity contribution < 1.29 is 0 Å². The number of nitrogens with one attached hydrogen (secondary N) is 1. The molecule has 1 N–H and O–H groups in total. The number of rotatable bonds is 2. The summed E-state index contributed by atoms with van der Waals surface area (Å²) in [6, 6.07) is 8.14. The van der Waals surface area contributed by atoms with Crippen LogP contribution in [0.2, 0.25) is 0 Å². The number of H-pyrrole nitrogens is 1. The highest BCUT2D eigenvalue weighted by atomic mass is 16.1. The van der Waals surface area contributed by atoms with Gasteiger partial charge in [0.25, 0.3) is 5.56 Å². The van der Waals surface area contributed by atoms with Crippen molar-refractivity contribution in [1.29, 1.82) is 0 Å². The lowest BCUT2D eigenvalue weighted by Gasteiger charge is -2.35. The number of benzene rings is 1. The van der Waals surface area contributed by atoms with E-state index in [0.29, 0.717) is 11.9 Å². The van der Waals surface area contributed by atoms with E-state index in [9.17, 15) is 4.79 Å². The first kappa shape index (κ1) is 12.2. The van der Waals surface area contributed by atoms with Crippen molar-refractivity contribution >= 4 is 16.9 Å². The van der Waals surface area contributed by atoms with E-state index < -0.39 is 0 Å². The van der Waals surface area contributed by atoms with Crippen molar-refractivity contribution in [2.24, 2.45) is 0 Å². The molecule has 2 heterocycles. The van der Waals surface area contributed by atoms with Crippen molar-refractivity contribution in [3.8, 4) is 0 Å². The number of para-hydroxylation sites is 2. The van der Waals surface area contributed by atoms with Crippen LogP contribution in [0, 0.1) is 0 Å². The smallest absolute Gasteiger partial charge is 0.291 e. The molecule has 4 nitrogen and oxygen atoms in total. The molecule has 0 unspecified atom stereocenters. The van der Waals surface area contributed by atoms with Crippen LogP contribution in [0.25, 0.3) is 11.0 Å². The summed E-state index contributed by atoms with van der Waals surface area (Å²) in [6.07, 6.45) is 4.61. The molecule has 1 fully saturated rings. The van der Waals surface area contributed by atoms with E-state index in [0.717, 1.165) is 36.8 Å². The highest BCUT2D eigenvalue weighted by Gasteiger charge is 2.24. The minimum Gasteiger partial charge on any atom is -0.349 e. The number of hydrogen-bond acceptors (Lipinski definition) is 3. The zero-order chi connectivity index (χ0) is 13.2. The van der Waals surface area contributed by atoms with Gasteiger partial charge in [0.1, 0.15) is 0 Å². The molecule has 1 aliphatic heterocycles. The topological polar surface area (TPSA) is 49.0 Å². The predicted molar refractivity (Wildman–Crippen MR) is 77.6 cm³/mol. The van der Waals surface area contributed by atoms with Crippen LogP contribution in [0.4, 0.5) is 5.82 Å². The van der Waals surface area contributed by atoms with Gasteiger partial charge in [-0.15, -0.1) is 0 Å². The number of aromatic amines is 1. The lowest BCUT2D eigenvalue weighted by atomic mass is 10.0. The van der Waals surface area contributed by atoms with Crippen molar-refractivity contribution in [3.05, 3.63) is 34.6 Å². The molecule has 0 saturated carbocycles. The number of hydrogen-bond donors (Lipinski definition) is 1. The largest absolute Gasteiger partial charge is 0.349 e. The Kier molecular flexibility index (Phi) is 3.23. The van der Waals surface area contributed by atoms with E-state index >= 15 is 0 Å². The van der Waals surface area contributed by atoms with Gasteiger partial charge in [0.15, 0.2) is 5.82 Å². The van der Waals surface area contributed by atoms with E-state index in [-0.39, 0.29) is 5.56 Å². The van der Waals surface area contributed by atoms with Gasteiger partial charge >= 0.3 is 0 Å². The Morgan fingerprint density at radius 3 is 3.05 bits per heavy atom. The number of nitrogens with zero attached hydrogens (tertiary/aromatic N) is 2. The maximum Gasteiger partial charge on any atom is 0.291 e. The molecular formula is C15H19N3O. The summed E-state index contributed by atoms with van der Waals surface area (Å²) in [5.41, 5.74) is 1.60. The van der Waals surface area contributed by atoms with Gasteiger partial charge in [-0.25, -0.2) is 4.98 Å². The normalized spacial score (nSPS) is 19.8. The summed E-state index contributed by atoms with van der Waals surface area (Å²) >= 11 is 0. The highest BCUT2D eigenvalue weighted by Crippen LogP contribution is 2.23. The van der Waals surface area contributed by atoms with E-state index in [4.69, 9.17) is 0 Å². The first-order valence-electron chi connectivity index (χ1n) is 7.05. The van der Waals surface area contributed by atoms with Crippen molar-refractivity contribution in [2.75, 3.05) is 11.4 Å². The van der Waals surface area contributed by atoms with Gasteiger partial charge in [-0.2, -0.15) is 0 Å². The molecule has 2 aromatic rings. The van der Waals surface area contributed by atoms with Crippen LogP contribution in [0.5, 0.6) is 0 Å². The van der Waals surface area contributed by atoms with Crippen LogP contribution in [0.1, 0.15) is 32.6 Å². The quantitative estimate of drug-likeness (QED) is 0.900. The van der Waals surface area contributed by atoms with Crippen molar-refractivity contribution in [2.45, 2.75) is 38.6 Å². The molecule has 1 saturated heterocycles. The first-order chi connectivity index (χ1) is 9.29. The molecule has 0 amide bonds. The van der Waals surface area contributed by atoms with Crippen LogP contribution in [0.15, 0.2) is 29.1 Å². The van der Waals surface area contributed by atoms with Crippen LogP contribution in [0.3, 0.4) is 0 Å². The fraction of sp³-hybridized carbons (Fsp3) is 0.467. The second-order valence-electron chi connectivity index (χ2n) is 5.16. The van der Waals surface area contributed by atoms with Crippen LogP contribution in [-0.4, -0.2) is 22.6 Å². The van der Waals surface area contributed by atoms with Crippen molar-refractivity contribution in [1.82, 2.24) is 9.97 Å². The molecule has 0 spiro atoms. The summed E-state index contributed by atoms with van der Waals surface area (Å²) in [6.45, 7) is 3.12. The SMILES string of the molecule is CC[C@@H]1CCCCN1c1nc2ccccc2[nH]c1=O. The van der Waals surface area contributed by atoms with Gasteiger partial charge in [-0.05, 0) is 37.8 Å². The van der Waals surface area contributed by atoms with E-state index in [1.54, 1.807) is 0 Å². The Bertz CT molecular complexity index is 635. The van der Waals surface area contributed by atoms with Gasteiger partial charge in [-0.1, -0.05) is 19.1 Å². The molecule has 0 bridgehead atoms. The summed E-state index contributed by atoms with van der Waals surface area (Å²) in [5.74, 6) is 0.588. The summed E-state index contributed by atoms with van der Waals surface area (Å²) in [4.78, 5) is 21.9. The maximum absolute atomic E-state index is 12.2. The Balaban J connectivity index is 2.08. The monoisotopic (exact) mass is 257 g/mol. The van der Waals surface area contributed by atoms with Crippen LogP contribution >= 0.6 is 0 Å². The fourth-order valence-electron chi connectivity index (χ4n) is 2.92. The molecule has 1 aromatic carbocycles. The molecule has 3 rings (SSSR count). The number of piperidine rings is 1. The van der Waals surface area contributed by atoms with Crippen LogP contribution in [-0.2, 0) is 0 Å².